The van der Waals surface area contributed by atoms with Crippen LogP contribution in [0, 0.1) is 0 Å². The van der Waals surface area contributed by atoms with Gasteiger partial charge < -0.3 is 14.2 Å². The number of ether oxygens (including phenoxy) is 3. The molecule has 0 aliphatic carbocycles. The molecule has 3 rings (SSSR count). The Hall–Kier alpha value is -1.93. The van der Waals surface area contributed by atoms with Gasteiger partial charge in [0.2, 0.25) is 0 Å². The molecule has 0 N–H and O–H groups in total. The fraction of sp³-hybridized carbons (Fsp3) is 0.739. The van der Waals surface area contributed by atoms with Crippen molar-refractivity contribution in [1.29, 1.82) is 0 Å². The van der Waals surface area contributed by atoms with Crippen LogP contribution >= 0.6 is 7.81 Å². The van der Waals surface area contributed by atoms with Gasteiger partial charge in [-0.3, -0.25) is 0 Å². The SMILES string of the molecule is CCCCCCCC(C)(C)[Si]CCCc1cc([S+](c2ccc(OCCCC)c(CCC[Si]C(C)(C)CCCCCCC)c2)c2ccc(OCCCC)c(CCC[Si]C(C)(C)CCCCCCC)c2)ccc1OCCCC.F[P-](F)(F)(F)(F)F. The van der Waals surface area contributed by atoms with E-state index < -0.39 is 7.81 Å². The van der Waals surface area contributed by atoms with E-state index in [-0.39, 0.29) is 10.9 Å². The quantitative estimate of drug-likeness (QED) is 0.0185. The summed E-state index contributed by atoms with van der Waals surface area (Å²) in [4.78, 5) is 4.19. The summed E-state index contributed by atoms with van der Waals surface area (Å²) in [6, 6.07) is 25.8. The second kappa shape index (κ2) is 39.9. The number of hydrogen-bond donors (Lipinski definition) is 0. The molecule has 0 heterocycles. The molecule has 0 aromatic heterocycles. The van der Waals surface area contributed by atoms with Gasteiger partial charge in [-0.25, -0.2) is 0 Å². The monoisotopic (exact) mass is 1250 g/mol. The van der Waals surface area contributed by atoms with E-state index in [1.54, 1.807) is 0 Å². The third-order valence-electron chi connectivity index (χ3n) is 15.5. The average molecular weight is 1260 g/mol. The predicted octanol–water partition coefficient (Wildman–Crippen LogP) is 25.5. The van der Waals surface area contributed by atoms with Crippen LogP contribution in [0.4, 0.5) is 25.2 Å². The molecule has 0 bridgehead atoms. The van der Waals surface area contributed by atoms with Gasteiger partial charge in [0.15, 0.2) is 14.7 Å². The number of halogens is 6. The van der Waals surface area contributed by atoms with Crippen LogP contribution in [0.5, 0.6) is 17.2 Å². The van der Waals surface area contributed by atoms with Crippen molar-refractivity contribution in [2.75, 3.05) is 19.8 Å². The Labute approximate surface area is 515 Å². The Morgan fingerprint density at radius 3 is 0.831 bits per heavy atom. The van der Waals surface area contributed by atoms with Gasteiger partial charge in [0.25, 0.3) is 0 Å². The Morgan fingerprint density at radius 2 is 0.590 bits per heavy atom. The van der Waals surface area contributed by atoms with Gasteiger partial charge in [-0.2, -0.15) is 0 Å². The van der Waals surface area contributed by atoms with Gasteiger partial charge in [-0.05, 0) is 107 Å². The van der Waals surface area contributed by atoms with E-state index in [2.05, 4.69) is 138 Å². The van der Waals surface area contributed by atoms with Crippen LogP contribution < -0.4 is 14.2 Å². The number of benzene rings is 3. The first-order valence-electron chi connectivity index (χ1n) is 33.0. The Kier molecular flexibility index (Phi) is 37.1. The van der Waals surface area contributed by atoms with E-state index in [9.17, 15) is 25.2 Å². The van der Waals surface area contributed by atoms with E-state index in [1.165, 1.54) is 184 Å². The third-order valence-corrected chi connectivity index (χ3v) is 23.1. The molecule has 0 atom stereocenters. The van der Waals surface area contributed by atoms with Gasteiger partial charge in [-0.15, -0.1) is 0 Å². The summed E-state index contributed by atoms with van der Waals surface area (Å²) in [6.45, 7) is 31.2. The molecule has 83 heavy (non-hydrogen) atoms. The van der Waals surface area contributed by atoms with Crippen molar-refractivity contribution in [3.8, 4) is 17.2 Å². The van der Waals surface area contributed by atoms with Gasteiger partial charge in [0.1, 0.15) is 17.2 Å². The van der Waals surface area contributed by atoms with Crippen LogP contribution in [0.3, 0.4) is 0 Å². The zero-order valence-electron chi connectivity index (χ0n) is 54.5. The molecule has 476 valence electrons. The first-order valence-corrected chi connectivity index (χ1v) is 39.9. The van der Waals surface area contributed by atoms with Gasteiger partial charge in [0, 0.05) is 46.8 Å². The van der Waals surface area contributed by atoms with E-state index >= 15 is 0 Å². The van der Waals surface area contributed by atoms with Crippen LogP contribution in [-0.4, -0.2) is 48.4 Å². The summed E-state index contributed by atoms with van der Waals surface area (Å²) in [7, 11) is -8.03. The summed E-state index contributed by atoms with van der Waals surface area (Å²) < 4.78 is 79.2. The zero-order chi connectivity index (χ0) is 61.7. The molecular weight excluding hydrogens is 1140 g/mol. The summed E-state index contributed by atoms with van der Waals surface area (Å²) in [5.74, 6) is 3.28. The minimum absolute atomic E-state index is 0.338. The molecule has 0 aliphatic heterocycles. The predicted molar refractivity (Wildman–Crippen MR) is 355 cm³/mol. The molecular formula is C69H117F6O3PSSi3. The van der Waals surface area contributed by atoms with E-state index in [1.807, 2.05) is 0 Å². The Bertz CT molecular complexity index is 1950. The normalized spacial score (nSPS) is 13.2. The standard InChI is InChI=1S/C69H117O3SSi3.F6P/c1-13-19-25-28-31-46-67(7,8)74-52-34-37-58-55-61(40-43-64(58)70-49-22-16-4)73(62-41-44-65(71-50-23-17-5)59(56-62)38-35-53-75-68(9,10)47-32-29-26-20-14-2)63-42-45-66(72-51-24-18-6)60(57-63)39-36-54-76-69(11,12)48-33-30-27-21-15-3;1-7(2,3,4,5)6/h40-45,55-57H,13-39,46-54H2,1-12H3;/q+1;-1. The third kappa shape index (κ3) is 38.9. The first-order chi connectivity index (χ1) is 39.2. The van der Waals surface area contributed by atoms with Crippen LogP contribution in [0.1, 0.15) is 273 Å². The fourth-order valence-electron chi connectivity index (χ4n) is 10.3. The second-order valence-electron chi connectivity index (χ2n) is 25.4. The van der Waals surface area contributed by atoms with Crippen molar-refractivity contribution in [1.82, 2.24) is 0 Å². The Morgan fingerprint density at radius 1 is 0.349 bits per heavy atom. The van der Waals surface area contributed by atoms with Crippen LogP contribution in [0.25, 0.3) is 0 Å². The molecule has 14 heteroatoms. The summed E-state index contributed by atoms with van der Waals surface area (Å²) in [6.07, 6.45) is 38.0. The maximum absolute atomic E-state index is 10.7. The van der Waals surface area contributed by atoms with E-state index in [0.29, 0.717) is 15.1 Å². The summed E-state index contributed by atoms with van der Waals surface area (Å²) in [5.41, 5.74) is 4.15. The molecule has 3 nitrogen and oxygen atoms in total. The van der Waals surface area contributed by atoms with Crippen molar-refractivity contribution < 1.29 is 39.4 Å². The second-order valence-corrected chi connectivity index (χ2v) is 36.0. The number of rotatable bonds is 48. The van der Waals surface area contributed by atoms with Gasteiger partial charge >= 0.3 is 33.0 Å². The molecule has 0 unspecified atom stereocenters. The molecule has 0 aliphatic rings. The average Bonchev–Trinajstić information content (AvgIpc) is 3.61. The number of unbranched alkanes of at least 4 members (excludes halogenated alkanes) is 15. The van der Waals surface area contributed by atoms with Crippen molar-refractivity contribution >= 4 is 47.3 Å². The van der Waals surface area contributed by atoms with E-state index in [0.717, 1.165) is 123 Å². The van der Waals surface area contributed by atoms with Gasteiger partial charge in [-0.1, -0.05) is 255 Å². The van der Waals surface area contributed by atoms with Crippen LogP contribution in [0.15, 0.2) is 69.3 Å². The maximum atomic E-state index is 9.87. The zero-order valence-corrected chi connectivity index (χ0v) is 59.2. The summed E-state index contributed by atoms with van der Waals surface area (Å²) >= 11 is 0. The van der Waals surface area contributed by atoms with Crippen molar-refractivity contribution in [2.24, 2.45) is 0 Å². The van der Waals surface area contributed by atoms with Crippen molar-refractivity contribution in [2.45, 2.75) is 324 Å². The molecule has 0 saturated heterocycles. The molecule has 0 saturated carbocycles. The molecule has 0 fully saturated rings. The summed E-state index contributed by atoms with van der Waals surface area (Å²) in [5, 5.41) is 1.26. The van der Waals surface area contributed by atoms with Gasteiger partial charge in [0.05, 0.1) is 30.7 Å². The number of hydrogen-bond acceptors (Lipinski definition) is 3. The van der Waals surface area contributed by atoms with Crippen LogP contribution in [-0.2, 0) is 30.2 Å². The molecule has 3 aromatic rings. The molecule has 0 spiro atoms. The fourth-order valence-corrected chi connectivity index (χ4v) is 16.7. The number of aryl methyl sites for hydroxylation is 3. The minimum atomic E-state index is -10.7. The topological polar surface area (TPSA) is 27.7 Å². The Balaban J connectivity index is 0.00000314. The van der Waals surface area contributed by atoms with E-state index in [4.69, 9.17) is 14.2 Å². The first kappa shape index (κ1) is 77.2. The molecule has 6 radical (unpaired) electrons. The van der Waals surface area contributed by atoms with Crippen molar-refractivity contribution in [3.63, 3.8) is 0 Å². The molecule has 3 aromatic carbocycles. The van der Waals surface area contributed by atoms with Crippen molar-refractivity contribution in [3.05, 3.63) is 71.3 Å². The van der Waals surface area contributed by atoms with Crippen LogP contribution in [0.2, 0.25) is 33.2 Å². The molecule has 0 amide bonds.